The van der Waals surface area contributed by atoms with Gasteiger partial charge in [0.15, 0.2) is 5.78 Å². The molecular weight excluding hydrogens is 142 g/mol. The lowest BCUT2D eigenvalue weighted by atomic mass is 10.1. The molecule has 0 aromatic heterocycles. The Morgan fingerprint density at radius 3 is 2.18 bits per heavy atom. The van der Waals surface area contributed by atoms with Gasteiger partial charge in [0.25, 0.3) is 0 Å². The lowest BCUT2D eigenvalue weighted by Gasteiger charge is -2.12. The largest absolute Gasteiger partial charge is 0.347 e. The van der Waals surface area contributed by atoms with E-state index in [4.69, 9.17) is 0 Å². The first-order valence-electron chi connectivity index (χ1n) is 3.85. The summed E-state index contributed by atoms with van der Waals surface area (Å²) in [5.74, 6) is -0.110. The van der Waals surface area contributed by atoms with Crippen molar-refractivity contribution in [1.29, 1.82) is 0 Å². The van der Waals surface area contributed by atoms with E-state index in [1.54, 1.807) is 0 Å². The summed E-state index contributed by atoms with van der Waals surface area (Å²) < 4.78 is 0. The zero-order chi connectivity index (χ0) is 8.85. The molecule has 0 saturated heterocycles. The van der Waals surface area contributed by atoms with E-state index in [1.807, 2.05) is 6.92 Å². The topological polar surface area (TPSA) is 46.2 Å². The Balaban J connectivity index is 3.89. The molecule has 0 aliphatic carbocycles. The molecule has 0 aromatic rings. The molecule has 0 aromatic carbocycles. The van der Waals surface area contributed by atoms with E-state index in [0.29, 0.717) is 0 Å². The third-order valence-corrected chi connectivity index (χ3v) is 1.45. The molecule has 64 valence electrons. The Morgan fingerprint density at radius 2 is 1.91 bits per heavy atom. The Labute approximate surface area is 67.2 Å². The molecule has 0 heterocycles. The predicted molar refractivity (Wildman–Crippen MR) is 43.2 cm³/mol. The van der Waals surface area contributed by atoms with E-state index in [0.717, 1.165) is 12.8 Å². The number of Topliss-reactive ketones (excluding diaryl/α,β-unsaturated/α-hetero) is 1. The van der Waals surface area contributed by atoms with Gasteiger partial charge in [0, 0.05) is 6.92 Å². The highest BCUT2D eigenvalue weighted by molar-refractivity contribution is 5.86. The quantitative estimate of drug-likeness (QED) is 0.658. The van der Waals surface area contributed by atoms with Crippen molar-refractivity contribution in [3.63, 3.8) is 0 Å². The average molecular weight is 157 g/mol. The second-order valence-electron chi connectivity index (χ2n) is 2.65. The number of hydrogen-bond acceptors (Lipinski definition) is 2. The monoisotopic (exact) mass is 157 g/mol. The van der Waals surface area contributed by atoms with Gasteiger partial charge in [-0.05, 0) is 13.3 Å². The third kappa shape index (κ3) is 4.53. The number of amides is 1. The molecule has 0 spiro atoms. The van der Waals surface area contributed by atoms with Crippen LogP contribution in [0.15, 0.2) is 0 Å². The molecule has 3 nitrogen and oxygen atoms in total. The van der Waals surface area contributed by atoms with E-state index in [1.165, 1.54) is 13.8 Å². The maximum atomic E-state index is 10.9. The maximum absolute atomic E-state index is 10.9. The summed E-state index contributed by atoms with van der Waals surface area (Å²) in [6, 6.07) is -0.280. The van der Waals surface area contributed by atoms with Gasteiger partial charge in [-0.2, -0.15) is 0 Å². The standard InChI is InChI=1S/C8H15NO2/c1-4-5-8(6(2)10)9-7(3)11/h8H,4-5H2,1-3H3,(H,9,11). The second kappa shape index (κ2) is 4.88. The van der Waals surface area contributed by atoms with Crippen LogP contribution in [0.25, 0.3) is 0 Å². The number of hydrogen-bond donors (Lipinski definition) is 1. The zero-order valence-corrected chi connectivity index (χ0v) is 7.31. The van der Waals surface area contributed by atoms with Gasteiger partial charge in [-0.15, -0.1) is 0 Å². The molecule has 0 bridgehead atoms. The lowest BCUT2D eigenvalue weighted by molar-refractivity contribution is -0.125. The van der Waals surface area contributed by atoms with Gasteiger partial charge in [0.1, 0.15) is 0 Å². The van der Waals surface area contributed by atoms with Crippen LogP contribution in [0.3, 0.4) is 0 Å². The highest BCUT2D eigenvalue weighted by Crippen LogP contribution is 1.97. The fraction of sp³-hybridized carbons (Fsp3) is 0.750. The van der Waals surface area contributed by atoms with Crippen LogP contribution in [0.5, 0.6) is 0 Å². The first kappa shape index (κ1) is 10.1. The van der Waals surface area contributed by atoms with Gasteiger partial charge >= 0.3 is 0 Å². The van der Waals surface area contributed by atoms with Crippen LogP contribution in [-0.2, 0) is 9.59 Å². The average Bonchev–Trinajstić information content (AvgIpc) is 1.86. The van der Waals surface area contributed by atoms with Crippen molar-refractivity contribution in [2.24, 2.45) is 0 Å². The molecule has 0 rings (SSSR count). The van der Waals surface area contributed by atoms with Crippen molar-refractivity contribution in [2.75, 3.05) is 0 Å². The van der Waals surface area contributed by atoms with E-state index >= 15 is 0 Å². The minimum atomic E-state index is -0.280. The zero-order valence-electron chi connectivity index (χ0n) is 7.31. The summed E-state index contributed by atoms with van der Waals surface area (Å²) in [7, 11) is 0. The Kier molecular flexibility index (Phi) is 4.50. The van der Waals surface area contributed by atoms with Crippen molar-refractivity contribution >= 4 is 11.7 Å². The van der Waals surface area contributed by atoms with Gasteiger partial charge in [0.05, 0.1) is 6.04 Å². The van der Waals surface area contributed by atoms with Crippen LogP contribution in [0.4, 0.5) is 0 Å². The van der Waals surface area contributed by atoms with Crippen LogP contribution in [-0.4, -0.2) is 17.7 Å². The van der Waals surface area contributed by atoms with E-state index in [9.17, 15) is 9.59 Å². The molecule has 1 unspecified atom stereocenters. The smallest absolute Gasteiger partial charge is 0.217 e. The van der Waals surface area contributed by atoms with Crippen LogP contribution in [0.2, 0.25) is 0 Å². The molecule has 1 amide bonds. The Morgan fingerprint density at radius 1 is 1.36 bits per heavy atom. The van der Waals surface area contributed by atoms with Crippen LogP contribution in [0, 0.1) is 0 Å². The molecular formula is C8H15NO2. The Bertz CT molecular complexity index is 154. The van der Waals surface area contributed by atoms with Crippen molar-refractivity contribution < 1.29 is 9.59 Å². The summed E-state index contributed by atoms with van der Waals surface area (Å²) in [4.78, 5) is 21.4. The van der Waals surface area contributed by atoms with Gasteiger partial charge in [-0.3, -0.25) is 9.59 Å². The summed E-state index contributed by atoms with van der Waals surface area (Å²) in [5.41, 5.74) is 0. The molecule has 11 heavy (non-hydrogen) atoms. The summed E-state index contributed by atoms with van der Waals surface area (Å²) in [6.07, 6.45) is 1.64. The Hall–Kier alpha value is -0.860. The highest BCUT2D eigenvalue weighted by atomic mass is 16.2. The van der Waals surface area contributed by atoms with Crippen molar-refractivity contribution in [3.8, 4) is 0 Å². The molecule has 0 aliphatic heterocycles. The molecule has 0 aliphatic rings. The molecule has 0 saturated carbocycles. The van der Waals surface area contributed by atoms with Crippen molar-refractivity contribution in [1.82, 2.24) is 5.32 Å². The first-order valence-corrected chi connectivity index (χ1v) is 3.85. The van der Waals surface area contributed by atoms with Gasteiger partial charge in [-0.1, -0.05) is 13.3 Å². The number of nitrogens with one attached hydrogen (secondary N) is 1. The molecule has 3 heteroatoms. The third-order valence-electron chi connectivity index (χ3n) is 1.45. The fourth-order valence-electron chi connectivity index (χ4n) is 0.911. The fourth-order valence-corrected chi connectivity index (χ4v) is 0.911. The van der Waals surface area contributed by atoms with Crippen molar-refractivity contribution in [2.45, 2.75) is 39.7 Å². The molecule has 0 fully saturated rings. The minimum Gasteiger partial charge on any atom is -0.347 e. The normalized spacial score (nSPS) is 12.3. The molecule has 1 atom stereocenters. The van der Waals surface area contributed by atoms with Gasteiger partial charge < -0.3 is 5.32 Å². The maximum Gasteiger partial charge on any atom is 0.217 e. The van der Waals surface area contributed by atoms with Gasteiger partial charge in [0.2, 0.25) is 5.91 Å². The van der Waals surface area contributed by atoms with Crippen LogP contribution >= 0.6 is 0 Å². The van der Waals surface area contributed by atoms with Crippen LogP contribution < -0.4 is 5.32 Å². The summed E-state index contributed by atoms with van der Waals surface area (Å²) >= 11 is 0. The number of carbonyl (C=O) groups excluding carboxylic acids is 2. The van der Waals surface area contributed by atoms with Gasteiger partial charge in [-0.25, -0.2) is 0 Å². The molecule has 1 N–H and O–H groups in total. The highest BCUT2D eigenvalue weighted by Gasteiger charge is 2.12. The van der Waals surface area contributed by atoms with E-state index < -0.39 is 0 Å². The SMILES string of the molecule is CCCC(NC(C)=O)C(C)=O. The van der Waals surface area contributed by atoms with E-state index in [-0.39, 0.29) is 17.7 Å². The van der Waals surface area contributed by atoms with Crippen LogP contribution in [0.1, 0.15) is 33.6 Å². The number of rotatable bonds is 4. The summed E-state index contributed by atoms with van der Waals surface area (Å²) in [6.45, 7) is 4.90. The summed E-state index contributed by atoms with van der Waals surface area (Å²) in [5, 5.41) is 2.59. The minimum absolute atomic E-state index is 0.0297. The number of ketones is 1. The van der Waals surface area contributed by atoms with Crippen molar-refractivity contribution in [3.05, 3.63) is 0 Å². The lowest BCUT2D eigenvalue weighted by Crippen LogP contribution is -2.38. The molecule has 0 radical (unpaired) electrons. The number of carbonyl (C=O) groups is 2. The second-order valence-corrected chi connectivity index (χ2v) is 2.65. The predicted octanol–water partition coefficient (Wildman–Crippen LogP) is 0.880. The van der Waals surface area contributed by atoms with E-state index in [2.05, 4.69) is 5.32 Å². The first-order chi connectivity index (χ1) is 5.07.